The van der Waals surface area contributed by atoms with Gasteiger partial charge in [-0.15, -0.1) is 11.3 Å². The number of nitrogens with zero attached hydrogens (tertiary/aromatic N) is 1. The average molecular weight is 394 g/mol. The second-order valence-electron chi connectivity index (χ2n) is 5.66. The number of carbonyl (C=O) groups excluding carboxylic acids is 1. The van der Waals surface area contributed by atoms with E-state index in [1.54, 1.807) is 0 Å². The minimum absolute atomic E-state index is 0.138. The monoisotopic (exact) mass is 393 g/mol. The zero-order chi connectivity index (χ0) is 16.6. The predicted molar refractivity (Wildman–Crippen MR) is 92.6 cm³/mol. The van der Waals surface area contributed by atoms with Crippen molar-refractivity contribution in [2.75, 3.05) is 0 Å². The first-order valence-electron chi connectivity index (χ1n) is 7.32. The fourth-order valence-corrected chi connectivity index (χ4v) is 4.37. The van der Waals surface area contributed by atoms with E-state index in [-0.39, 0.29) is 11.8 Å². The number of rotatable bonds is 3. The number of benzene rings is 1. The Morgan fingerprint density at radius 1 is 1.26 bits per heavy atom. The summed E-state index contributed by atoms with van der Waals surface area (Å²) in [6.45, 7) is 2.18. The van der Waals surface area contributed by atoms with Crippen molar-refractivity contribution in [3.8, 4) is 0 Å². The highest BCUT2D eigenvalue weighted by Gasteiger charge is 2.36. The van der Waals surface area contributed by atoms with E-state index in [1.807, 2.05) is 43.3 Å². The lowest BCUT2D eigenvalue weighted by Crippen LogP contribution is -2.49. The van der Waals surface area contributed by atoms with Gasteiger partial charge < -0.3 is 10.0 Å². The summed E-state index contributed by atoms with van der Waals surface area (Å²) in [6.07, 6.45) is 0.359. The van der Waals surface area contributed by atoms with Gasteiger partial charge >= 0.3 is 5.97 Å². The van der Waals surface area contributed by atoms with Gasteiger partial charge in [0.1, 0.15) is 6.04 Å². The van der Waals surface area contributed by atoms with Gasteiger partial charge in [0.25, 0.3) is 0 Å². The highest BCUT2D eigenvalue weighted by atomic mass is 79.9. The Kier molecular flexibility index (Phi) is 4.55. The number of amides is 1. The van der Waals surface area contributed by atoms with Crippen molar-refractivity contribution in [2.45, 2.75) is 31.8 Å². The summed E-state index contributed by atoms with van der Waals surface area (Å²) in [7, 11) is 0. The van der Waals surface area contributed by atoms with Crippen LogP contribution in [0.1, 0.15) is 28.8 Å². The summed E-state index contributed by atoms with van der Waals surface area (Å²) in [4.78, 5) is 27.0. The maximum atomic E-state index is 12.9. The quantitative estimate of drug-likeness (QED) is 0.865. The molecular formula is C17H16BrNO3S. The minimum Gasteiger partial charge on any atom is -0.480 e. The maximum absolute atomic E-state index is 12.9. The van der Waals surface area contributed by atoms with Gasteiger partial charge in [-0.3, -0.25) is 4.79 Å². The highest BCUT2D eigenvalue weighted by Crippen LogP contribution is 2.32. The number of aliphatic carboxylic acids is 1. The van der Waals surface area contributed by atoms with Crippen LogP contribution < -0.4 is 0 Å². The SMILES string of the molecule is CC(C(=O)N1Cc2ccccc2CC1C(=O)O)c1ccc(Br)s1. The number of carboxylic acid groups (broad SMARTS) is 1. The van der Waals surface area contributed by atoms with Gasteiger partial charge in [0.05, 0.1) is 9.70 Å². The van der Waals surface area contributed by atoms with E-state index in [0.29, 0.717) is 13.0 Å². The average Bonchev–Trinajstić information content (AvgIpc) is 2.98. The van der Waals surface area contributed by atoms with Gasteiger partial charge in [0.15, 0.2) is 0 Å². The lowest BCUT2D eigenvalue weighted by molar-refractivity contribution is -0.151. The second-order valence-corrected chi connectivity index (χ2v) is 8.15. The third-order valence-corrected chi connectivity index (χ3v) is 6.01. The number of hydrogen-bond acceptors (Lipinski definition) is 3. The topological polar surface area (TPSA) is 57.6 Å². The van der Waals surface area contributed by atoms with Gasteiger partial charge in [0, 0.05) is 17.8 Å². The second kappa shape index (κ2) is 6.45. The van der Waals surface area contributed by atoms with Crippen molar-refractivity contribution in [3.05, 3.63) is 56.2 Å². The van der Waals surface area contributed by atoms with E-state index in [9.17, 15) is 14.7 Å². The fraction of sp³-hybridized carbons (Fsp3) is 0.294. The van der Waals surface area contributed by atoms with Crippen LogP contribution in [0, 0.1) is 0 Å². The van der Waals surface area contributed by atoms with Gasteiger partial charge in [0.2, 0.25) is 5.91 Å². The molecular weight excluding hydrogens is 378 g/mol. The van der Waals surface area contributed by atoms with E-state index in [1.165, 1.54) is 16.2 Å². The molecule has 1 aromatic heterocycles. The Morgan fingerprint density at radius 2 is 1.96 bits per heavy atom. The fourth-order valence-electron chi connectivity index (χ4n) is 2.91. The molecule has 2 unspecified atom stereocenters. The molecule has 4 nitrogen and oxygen atoms in total. The van der Waals surface area contributed by atoms with Crippen LogP contribution in [0.25, 0.3) is 0 Å². The van der Waals surface area contributed by atoms with Gasteiger partial charge in [-0.25, -0.2) is 4.79 Å². The Hall–Kier alpha value is -1.66. The van der Waals surface area contributed by atoms with Crippen molar-refractivity contribution in [1.29, 1.82) is 0 Å². The molecule has 23 heavy (non-hydrogen) atoms. The third-order valence-electron chi connectivity index (χ3n) is 4.21. The Morgan fingerprint density at radius 3 is 2.57 bits per heavy atom. The van der Waals surface area contributed by atoms with Crippen LogP contribution in [0.5, 0.6) is 0 Å². The first-order valence-corrected chi connectivity index (χ1v) is 8.93. The molecule has 1 aliphatic rings. The molecule has 1 N–H and O–H groups in total. The molecule has 120 valence electrons. The zero-order valence-electron chi connectivity index (χ0n) is 12.5. The van der Waals surface area contributed by atoms with E-state index in [4.69, 9.17) is 0 Å². The molecule has 0 radical (unpaired) electrons. The van der Waals surface area contributed by atoms with E-state index < -0.39 is 12.0 Å². The Labute approximate surface area is 146 Å². The highest BCUT2D eigenvalue weighted by molar-refractivity contribution is 9.11. The van der Waals surface area contributed by atoms with Crippen LogP contribution in [0.2, 0.25) is 0 Å². The smallest absolute Gasteiger partial charge is 0.326 e. The summed E-state index contributed by atoms with van der Waals surface area (Å²) in [5, 5.41) is 9.54. The summed E-state index contributed by atoms with van der Waals surface area (Å²) in [5.41, 5.74) is 2.04. The summed E-state index contributed by atoms with van der Waals surface area (Å²) >= 11 is 4.91. The first-order chi connectivity index (χ1) is 11.0. The van der Waals surface area contributed by atoms with E-state index in [2.05, 4.69) is 15.9 Å². The van der Waals surface area contributed by atoms with Crippen LogP contribution in [-0.4, -0.2) is 27.9 Å². The normalized spacial score (nSPS) is 18.3. The van der Waals surface area contributed by atoms with E-state index >= 15 is 0 Å². The first kappa shape index (κ1) is 16.2. The lowest BCUT2D eigenvalue weighted by Gasteiger charge is -2.35. The number of fused-ring (bicyclic) bond motifs is 1. The molecule has 2 heterocycles. The number of halogens is 1. The molecule has 2 atom stereocenters. The standard InChI is InChI=1S/C17H16BrNO3S/c1-10(14-6-7-15(18)23-14)16(20)19-9-12-5-3-2-4-11(12)8-13(19)17(21)22/h2-7,10,13H,8-9H2,1H3,(H,21,22). The minimum atomic E-state index is -0.951. The van der Waals surface area contributed by atoms with E-state index in [0.717, 1.165) is 19.8 Å². The maximum Gasteiger partial charge on any atom is 0.326 e. The van der Waals surface area contributed by atoms with Crippen LogP contribution in [0.15, 0.2) is 40.2 Å². The summed E-state index contributed by atoms with van der Waals surface area (Å²) in [6, 6.07) is 10.7. The zero-order valence-corrected chi connectivity index (χ0v) is 14.9. The predicted octanol–water partition coefficient (Wildman–Crippen LogP) is 3.65. The van der Waals surface area contributed by atoms with Gasteiger partial charge in [-0.2, -0.15) is 0 Å². The van der Waals surface area contributed by atoms with Gasteiger partial charge in [-0.05, 0) is 46.1 Å². The Balaban J connectivity index is 1.90. The molecule has 6 heteroatoms. The number of carbonyl (C=O) groups is 2. The third kappa shape index (κ3) is 3.19. The molecule has 0 fully saturated rings. The largest absolute Gasteiger partial charge is 0.480 e. The van der Waals surface area contributed by atoms with Crippen LogP contribution in [0.4, 0.5) is 0 Å². The molecule has 3 rings (SSSR count). The molecule has 0 spiro atoms. The van der Waals surface area contributed by atoms with Gasteiger partial charge in [-0.1, -0.05) is 24.3 Å². The number of hydrogen-bond donors (Lipinski definition) is 1. The molecule has 0 aliphatic carbocycles. The molecule has 0 bridgehead atoms. The molecule has 1 aromatic carbocycles. The van der Waals surface area contributed by atoms with Crippen molar-refractivity contribution in [3.63, 3.8) is 0 Å². The molecule has 0 saturated carbocycles. The van der Waals surface area contributed by atoms with Crippen LogP contribution in [0.3, 0.4) is 0 Å². The number of thiophene rings is 1. The van der Waals surface area contributed by atoms with Crippen LogP contribution in [-0.2, 0) is 22.6 Å². The van der Waals surface area contributed by atoms with Crippen molar-refractivity contribution in [1.82, 2.24) is 4.90 Å². The number of carboxylic acids is 1. The Bertz CT molecular complexity index is 758. The molecule has 2 aromatic rings. The van der Waals surface area contributed by atoms with Crippen LogP contribution >= 0.6 is 27.3 Å². The summed E-state index contributed by atoms with van der Waals surface area (Å²) < 4.78 is 0.964. The summed E-state index contributed by atoms with van der Waals surface area (Å²) in [5.74, 6) is -1.44. The molecule has 1 amide bonds. The molecule has 1 aliphatic heterocycles. The molecule has 0 saturated heterocycles. The van der Waals surface area contributed by atoms with Crippen molar-refractivity contribution < 1.29 is 14.7 Å². The lowest BCUT2D eigenvalue weighted by atomic mass is 9.92. The van der Waals surface area contributed by atoms with Crippen molar-refractivity contribution >= 4 is 39.1 Å². The van der Waals surface area contributed by atoms with Crippen molar-refractivity contribution in [2.24, 2.45) is 0 Å².